The Morgan fingerprint density at radius 1 is 1.19 bits per heavy atom. The second-order valence-corrected chi connectivity index (χ2v) is 5.28. The van der Waals surface area contributed by atoms with E-state index in [4.69, 9.17) is 11.6 Å². The highest BCUT2D eigenvalue weighted by atomic mass is 35.5. The van der Waals surface area contributed by atoms with Crippen molar-refractivity contribution in [2.24, 2.45) is 0 Å². The maximum atomic E-state index is 13.5. The third kappa shape index (κ3) is 4.14. The van der Waals surface area contributed by atoms with Crippen molar-refractivity contribution in [3.63, 3.8) is 0 Å². The summed E-state index contributed by atoms with van der Waals surface area (Å²) < 4.78 is 13.5. The molecule has 0 saturated heterocycles. The highest BCUT2D eigenvalue weighted by Crippen LogP contribution is 2.20. The Labute approximate surface area is 129 Å². The van der Waals surface area contributed by atoms with Crippen LogP contribution in [0.15, 0.2) is 24.3 Å². The minimum atomic E-state index is -0.177. The van der Waals surface area contributed by atoms with Gasteiger partial charge in [0, 0.05) is 18.5 Å². The summed E-state index contributed by atoms with van der Waals surface area (Å²) in [6.07, 6.45) is 2.35. The van der Waals surface area contributed by atoms with Gasteiger partial charge >= 0.3 is 0 Å². The summed E-state index contributed by atoms with van der Waals surface area (Å²) in [4.78, 5) is 8.73. The number of hydrogen-bond donors (Lipinski definition) is 1. The van der Waals surface area contributed by atoms with Gasteiger partial charge in [-0.05, 0) is 31.4 Å². The van der Waals surface area contributed by atoms with Gasteiger partial charge in [-0.1, -0.05) is 36.7 Å². The summed E-state index contributed by atoms with van der Waals surface area (Å²) in [7, 11) is 0. The molecule has 5 heteroatoms. The highest BCUT2D eigenvalue weighted by Gasteiger charge is 2.09. The zero-order chi connectivity index (χ0) is 15.2. The van der Waals surface area contributed by atoms with Gasteiger partial charge in [0.25, 0.3) is 0 Å². The molecule has 0 aliphatic carbocycles. The van der Waals surface area contributed by atoms with E-state index >= 15 is 0 Å². The monoisotopic (exact) mass is 307 g/mol. The lowest BCUT2D eigenvalue weighted by Crippen LogP contribution is -2.11. The number of aromatic nitrogens is 2. The molecule has 1 N–H and O–H groups in total. The van der Waals surface area contributed by atoms with Crippen molar-refractivity contribution in [1.29, 1.82) is 0 Å². The second kappa shape index (κ2) is 7.36. The second-order valence-electron chi connectivity index (χ2n) is 4.92. The van der Waals surface area contributed by atoms with Crippen LogP contribution in [0, 0.1) is 12.7 Å². The van der Waals surface area contributed by atoms with Gasteiger partial charge in [-0.3, -0.25) is 0 Å². The fourth-order valence-electron chi connectivity index (χ4n) is 2.06. The summed E-state index contributed by atoms with van der Waals surface area (Å²) in [6, 6.07) is 6.79. The Morgan fingerprint density at radius 3 is 2.67 bits per heavy atom. The lowest BCUT2D eigenvalue weighted by atomic mass is 10.1. The third-order valence-corrected chi connectivity index (χ3v) is 3.62. The summed E-state index contributed by atoms with van der Waals surface area (Å²) in [5, 5.41) is 3.70. The van der Waals surface area contributed by atoms with Crippen LogP contribution in [0.25, 0.3) is 0 Å². The van der Waals surface area contributed by atoms with Gasteiger partial charge < -0.3 is 5.32 Å². The lowest BCUT2D eigenvalue weighted by Gasteiger charge is -2.11. The van der Waals surface area contributed by atoms with Crippen LogP contribution in [0.4, 0.5) is 10.2 Å². The first-order valence-electron chi connectivity index (χ1n) is 7.12. The van der Waals surface area contributed by atoms with E-state index < -0.39 is 0 Å². The molecule has 0 unspecified atom stereocenters. The smallest absolute Gasteiger partial charge is 0.137 e. The average molecular weight is 308 g/mol. The summed E-state index contributed by atoms with van der Waals surface area (Å²) in [5.41, 5.74) is 1.52. The summed E-state index contributed by atoms with van der Waals surface area (Å²) in [6.45, 7) is 4.55. The Hall–Kier alpha value is -1.68. The molecule has 21 heavy (non-hydrogen) atoms. The molecule has 2 rings (SSSR count). The molecule has 0 fully saturated rings. The molecule has 3 nitrogen and oxygen atoms in total. The first-order chi connectivity index (χ1) is 10.1. The fraction of sp³-hybridized carbons (Fsp3) is 0.375. The van der Waals surface area contributed by atoms with Crippen molar-refractivity contribution >= 4 is 17.4 Å². The van der Waals surface area contributed by atoms with Crippen molar-refractivity contribution in [3.05, 3.63) is 52.2 Å². The number of benzene rings is 1. The number of anilines is 1. The zero-order valence-electron chi connectivity index (χ0n) is 12.3. The Morgan fingerprint density at radius 2 is 1.95 bits per heavy atom. The van der Waals surface area contributed by atoms with E-state index in [9.17, 15) is 4.39 Å². The van der Waals surface area contributed by atoms with Crippen molar-refractivity contribution in [1.82, 2.24) is 9.97 Å². The van der Waals surface area contributed by atoms with Gasteiger partial charge in [-0.2, -0.15) is 0 Å². The minimum absolute atomic E-state index is 0.177. The zero-order valence-corrected chi connectivity index (χ0v) is 13.0. The molecule has 2 aromatic rings. The standard InChI is InChI=1S/C16H19ClFN3/c1-3-6-14-20-15(17)11(2)16(21-14)19-10-9-12-7-4-5-8-13(12)18/h4-5,7-8H,3,6,9-10H2,1-2H3,(H,19,20,21). The molecule has 0 atom stereocenters. The van der Waals surface area contributed by atoms with Crippen LogP contribution in [0.3, 0.4) is 0 Å². The molecule has 0 bridgehead atoms. The molecule has 1 aromatic heterocycles. The predicted molar refractivity (Wildman–Crippen MR) is 84.4 cm³/mol. The SMILES string of the molecule is CCCc1nc(Cl)c(C)c(NCCc2ccccc2F)n1. The predicted octanol–water partition coefficient (Wildman–Crippen LogP) is 4.18. The van der Waals surface area contributed by atoms with E-state index in [1.165, 1.54) is 6.07 Å². The third-order valence-electron chi connectivity index (χ3n) is 3.25. The van der Waals surface area contributed by atoms with E-state index in [0.717, 1.165) is 30.0 Å². The van der Waals surface area contributed by atoms with Crippen molar-refractivity contribution < 1.29 is 4.39 Å². The molecule has 0 aliphatic heterocycles. The number of hydrogen-bond acceptors (Lipinski definition) is 3. The molecule has 0 radical (unpaired) electrons. The summed E-state index contributed by atoms with van der Waals surface area (Å²) >= 11 is 6.12. The van der Waals surface area contributed by atoms with Crippen LogP contribution in [-0.4, -0.2) is 16.5 Å². The van der Waals surface area contributed by atoms with Gasteiger partial charge in [0.15, 0.2) is 0 Å². The van der Waals surface area contributed by atoms with Gasteiger partial charge in [0.2, 0.25) is 0 Å². The van der Waals surface area contributed by atoms with Crippen LogP contribution in [0.2, 0.25) is 5.15 Å². The molecule has 0 aliphatic rings. The fourth-order valence-corrected chi connectivity index (χ4v) is 2.24. The Kier molecular flexibility index (Phi) is 5.51. The first kappa shape index (κ1) is 15.7. The van der Waals surface area contributed by atoms with Crippen LogP contribution in [-0.2, 0) is 12.8 Å². The molecule has 0 spiro atoms. The van der Waals surface area contributed by atoms with E-state index in [-0.39, 0.29) is 5.82 Å². The topological polar surface area (TPSA) is 37.8 Å². The molecule has 1 aromatic carbocycles. The van der Waals surface area contributed by atoms with E-state index in [1.54, 1.807) is 12.1 Å². The molecule has 112 valence electrons. The molecule has 0 amide bonds. The molecule has 1 heterocycles. The largest absolute Gasteiger partial charge is 0.369 e. The normalized spacial score (nSPS) is 10.7. The van der Waals surface area contributed by atoms with E-state index in [1.807, 2.05) is 13.0 Å². The molecular weight excluding hydrogens is 289 g/mol. The van der Waals surface area contributed by atoms with Crippen LogP contribution in [0.1, 0.15) is 30.3 Å². The van der Waals surface area contributed by atoms with E-state index in [2.05, 4.69) is 22.2 Å². The average Bonchev–Trinajstić information content (AvgIpc) is 2.46. The maximum absolute atomic E-state index is 13.5. The molecule has 0 saturated carbocycles. The van der Waals surface area contributed by atoms with Crippen molar-refractivity contribution in [3.8, 4) is 0 Å². The maximum Gasteiger partial charge on any atom is 0.137 e. The van der Waals surface area contributed by atoms with Crippen molar-refractivity contribution in [2.75, 3.05) is 11.9 Å². The number of aryl methyl sites for hydroxylation is 1. The Bertz CT molecular complexity index is 616. The van der Waals surface area contributed by atoms with Gasteiger partial charge in [-0.25, -0.2) is 14.4 Å². The first-order valence-corrected chi connectivity index (χ1v) is 7.50. The van der Waals surface area contributed by atoms with Gasteiger partial charge in [0.05, 0.1) is 0 Å². The quantitative estimate of drug-likeness (QED) is 0.813. The molecular formula is C16H19ClFN3. The van der Waals surface area contributed by atoms with E-state index in [0.29, 0.717) is 23.7 Å². The number of rotatable bonds is 6. The highest BCUT2D eigenvalue weighted by molar-refractivity contribution is 6.30. The van der Waals surface area contributed by atoms with Crippen molar-refractivity contribution in [2.45, 2.75) is 33.1 Å². The minimum Gasteiger partial charge on any atom is -0.369 e. The van der Waals surface area contributed by atoms with Gasteiger partial charge in [0.1, 0.15) is 22.6 Å². The van der Waals surface area contributed by atoms with Gasteiger partial charge in [-0.15, -0.1) is 0 Å². The summed E-state index contributed by atoms with van der Waals surface area (Å²) in [5.74, 6) is 1.29. The van der Waals surface area contributed by atoms with Crippen LogP contribution in [0.5, 0.6) is 0 Å². The van der Waals surface area contributed by atoms with Crippen LogP contribution >= 0.6 is 11.6 Å². The Balaban J connectivity index is 2.04. The number of halogens is 2. The number of nitrogens with zero attached hydrogens (tertiary/aromatic N) is 2. The lowest BCUT2D eigenvalue weighted by molar-refractivity contribution is 0.610. The number of nitrogens with one attached hydrogen (secondary N) is 1. The van der Waals surface area contributed by atoms with Crippen LogP contribution < -0.4 is 5.32 Å².